The number of nitrogen functional groups attached to an aromatic ring is 1. The number of amides is 2. The molecule has 26 nitrogen and oxygen atoms in total. The van der Waals surface area contributed by atoms with E-state index in [4.69, 9.17) is 19.5 Å². The maximum absolute atomic E-state index is 13.0. The fourth-order valence-electron chi connectivity index (χ4n) is 13.7. The molecule has 5 aliphatic rings. The summed E-state index contributed by atoms with van der Waals surface area (Å²) in [4.78, 5) is 89.9. The molecular weight excluding hydrogens is 1100 g/mol. The van der Waals surface area contributed by atoms with Crippen molar-refractivity contribution in [2.75, 3.05) is 37.8 Å². The van der Waals surface area contributed by atoms with Gasteiger partial charge < -0.3 is 61.1 Å². The highest BCUT2D eigenvalue weighted by atomic mass is 32.2. The van der Waals surface area contributed by atoms with Crippen LogP contribution in [0.15, 0.2) is 12.7 Å². The number of nitrogens with one attached hydrogen (secondary N) is 2. The smallest absolute Gasteiger partial charge is 0.393 e. The zero-order valence-electron chi connectivity index (χ0n) is 44.9. The van der Waals surface area contributed by atoms with Crippen molar-refractivity contribution >= 4 is 69.1 Å². The molecule has 0 aromatic carbocycles. The number of aliphatic hydroxyl groups is 4. The minimum Gasteiger partial charge on any atom is -0.393 e. The first kappa shape index (κ1) is 63.1. The van der Waals surface area contributed by atoms with E-state index in [0.717, 1.165) is 86.8 Å². The van der Waals surface area contributed by atoms with Crippen LogP contribution in [-0.4, -0.2) is 145 Å². The second-order valence-electron chi connectivity index (χ2n) is 23.5. The van der Waals surface area contributed by atoms with Gasteiger partial charge in [-0.15, -0.1) is 0 Å². The summed E-state index contributed by atoms with van der Waals surface area (Å²) in [5.41, 5.74) is 4.67. The van der Waals surface area contributed by atoms with Crippen molar-refractivity contribution in [3.63, 3.8) is 0 Å². The quantitative estimate of drug-likeness (QED) is 0.0492. The van der Waals surface area contributed by atoms with Crippen molar-refractivity contribution in [2.45, 2.75) is 161 Å². The van der Waals surface area contributed by atoms with Crippen LogP contribution in [-0.2, 0) is 50.7 Å². The van der Waals surface area contributed by atoms with E-state index in [1.165, 1.54) is 26.7 Å². The van der Waals surface area contributed by atoms with E-state index in [0.29, 0.717) is 41.3 Å². The highest BCUT2D eigenvalue weighted by Gasteiger charge is 2.63. The van der Waals surface area contributed by atoms with Gasteiger partial charge in [0.2, 0.25) is 11.8 Å². The number of phosphoric ester groups is 3. The Labute approximate surface area is 457 Å². The van der Waals surface area contributed by atoms with Crippen LogP contribution in [0.1, 0.15) is 125 Å². The van der Waals surface area contributed by atoms with Crippen molar-refractivity contribution < 1.29 is 90.7 Å². The third-order valence-corrected chi connectivity index (χ3v) is 22.1. The molecule has 30 heteroatoms. The fraction of sp³-hybridized carbons (Fsp3) is 0.833. The van der Waals surface area contributed by atoms with Gasteiger partial charge in [-0.3, -0.25) is 32.5 Å². The Kier molecular flexibility index (Phi) is 20.3. The monoisotopic (exact) mass is 1180 g/mol. The molecule has 12 N–H and O–H groups in total. The topological polar surface area (TPSA) is 404 Å². The van der Waals surface area contributed by atoms with E-state index in [9.17, 15) is 68.1 Å². The zero-order valence-corrected chi connectivity index (χ0v) is 48.4. The second-order valence-corrected chi connectivity index (χ2v) is 28.8. The van der Waals surface area contributed by atoms with Crippen molar-refractivity contribution in [3.8, 4) is 0 Å². The number of nitrogens with zero attached hydrogens (tertiary/aromatic N) is 4. The normalized spacial score (nSPS) is 33.9. The Bertz CT molecular complexity index is 2600. The fourth-order valence-corrected chi connectivity index (χ4v) is 17.3. The highest BCUT2D eigenvalue weighted by molar-refractivity contribution is 8.13. The number of aromatic nitrogens is 4. The van der Waals surface area contributed by atoms with Crippen molar-refractivity contribution in [3.05, 3.63) is 12.7 Å². The number of anilines is 1. The molecule has 1 saturated heterocycles. The minimum absolute atomic E-state index is 0.0293. The van der Waals surface area contributed by atoms with Crippen LogP contribution in [0, 0.1) is 57.7 Å². The molecule has 1 aliphatic heterocycles. The zero-order chi connectivity index (χ0) is 57.3. The van der Waals surface area contributed by atoms with Crippen LogP contribution < -0.4 is 16.4 Å². The number of aliphatic hydroxyl groups excluding tert-OH is 4. The van der Waals surface area contributed by atoms with Gasteiger partial charge in [-0.25, -0.2) is 28.6 Å². The first-order chi connectivity index (χ1) is 36.4. The molecule has 18 atom stereocenters. The Morgan fingerprint density at radius 1 is 0.923 bits per heavy atom. The third kappa shape index (κ3) is 14.6. The predicted octanol–water partition coefficient (Wildman–Crippen LogP) is 4.10. The molecule has 0 bridgehead atoms. The Morgan fingerprint density at radius 3 is 2.33 bits per heavy atom. The maximum atomic E-state index is 13.0. The molecule has 4 saturated carbocycles. The number of hydrogen-bond acceptors (Lipinski definition) is 20. The molecule has 0 spiro atoms. The van der Waals surface area contributed by atoms with E-state index < -0.39 is 84.6 Å². The van der Waals surface area contributed by atoms with Crippen LogP contribution in [0.25, 0.3) is 11.2 Å². The minimum atomic E-state index is -5.60. The van der Waals surface area contributed by atoms with Crippen LogP contribution in [0.3, 0.4) is 0 Å². The molecule has 0 radical (unpaired) electrons. The summed E-state index contributed by atoms with van der Waals surface area (Å²) in [5.74, 6) is 1.58. The Balaban J connectivity index is 0.764. The third-order valence-electron chi connectivity index (χ3n) is 17.9. The van der Waals surface area contributed by atoms with Gasteiger partial charge in [-0.2, -0.15) is 4.31 Å². The molecule has 5 fully saturated rings. The van der Waals surface area contributed by atoms with Crippen molar-refractivity contribution in [1.29, 1.82) is 0 Å². The Hall–Kier alpha value is -2.52. The van der Waals surface area contributed by atoms with Gasteiger partial charge in [-0.05, 0) is 104 Å². The number of imidazole rings is 1. The van der Waals surface area contributed by atoms with E-state index in [2.05, 4.69) is 55.2 Å². The van der Waals surface area contributed by atoms with E-state index in [1.807, 2.05) is 6.92 Å². The summed E-state index contributed by atoms with van der Waals surface area (Å²) < 4.78 is 62.8. The maximum Gasteiger partial charge on any atom is 0.481 e. The number of nitrogens with two attached hydrogens (primary N) is 1. The van der Waals surface area contributed by atoms with Crippen LogP contribution >= 0.6 is 35.2 Å². The average Bonchev–Trinajstić information content (AvgIpc) is 4.21. The van der Waals surface area contributed by atoms with Gasteiger partial charge in [0.1, 0.15) is 36.3 Å². The molecule has 7 rings (SSSR count). The lowest BCUT2D eigenvalue weighted by Gasteiger charge is -2.62. The molecule has 4 unspecified atom stereocenters. The molecule has 78 heavy (non-hydrogen) atoms. The average molecular weight is 1180 g/mol. The van der Waals surface area contributed by atoms with E-state index in [1.54, 1.807) is 0 Å². The van der Waals surface area contributed by atoms with Crippen LogP contribution in [0.4, 0.5) is 5.82 Å². The number of phosphoric acid groups is 3. The van der Waals surface area contributed by atoms with Gasteiger partial charge in [-0.1, -0.05) is 66.1 Å². The summed E-state index contributed by atoms with van der Waals surface area (Å²) in [6, 6.07) is 0. The number of thioether (sulfide) groups is 1. The van der Waals surface area contributed by atoms with Gasteiger partial charge in [0.15, 0.2) is 22.8 Å². The molecule has 442 valence electrons. The standard InChI is InChI=1S/C48H80N7O19P3S/c1-26(30-10-11-31-36-32(13-16-48(30,31)6)47(5)15-12-29(56)20-28(47)21-33(36)57)8-7-9-27(2)45(62)78-19-18-50-35(58)14-17-51-43(61)40(60)46(3,4)23-71-77(68,69)74-76(66,67)70-22-34-39(73-75(63,64)65)38(59)44(72-34)55-25-54-37-41(49)52-24-53-42(37)55/h24-34,36,38-40,44,56-57,59-60H,7-23H2,1-6H3,(H,50,58)(H,51,61)(H,66,67)(H,68,69)(H2,49,52,53)(H2,63,64,65)/t26-,27?,28+,29-,30-,31+,32+,33-,34-,36+,38-,39-,40?,44-,47+,48-/m1/s1. The number of ether oxygens (including phenoxy) is 1. The number of carbonyl (C=O) groups excluding carboxylic acids is 3. The number of rotatable bonds is 25. The van der Waals surface area contributed by atoms with E-state index in [-0.39, 0.29) is 70.6 Å². The summed E-state index contributed by atoms with van der Waals surface area (Å²) in [7, 11) is -16.5. The van der Waals surface area contributed by atoms with Crippen LogP contribution in [0.5, 0.6) is 0 Å². The molecule has 2 aromatic heterocycles. The number of hydrogen-bond donors (Lipinski definition) is 11. The molecule has 2 aromatic rings. The first-order valence-corrected chi connectivity index (χ1v) is 32.3. The SMILES string of the molecule is CC(CCC[C@@H](C)[C@H]1CC[C@H]2[C@@H]3[C@H](O)C[C@@H]4C[C@H](O)CC[C@]4(C)[C@H]3CC[C@]12C)C(=O)SCCNC(=O)CCNC(=O)C(O)C(C)(C)COP(=O)(O)OP(=O)(O)OC[C@H]1O[C@@H](n2cnc3c(N)ncnc32)[C@H](O)[C@@H]1OP(=O)(O)O. The Morgan fingerprint density at radius 2 is 1.62 bits per heavy atom. The lowest BCUT2D eigenvalue weighted by molar-refractivity contribution is -0.174. The molecule has 4 aliphatic carbocycles. The molecule has 3 heterocycles. The van der Waals surface area contributed by atoms with Crippen LogP contribution in [0.2, 0.25) is 0 Å². The lowest BCUT2D eigenvalue weighted by atomic mass is 9.43. The van der Waals surface area contributed by atoms with Gasteiger partial charge >= 0.3 is 23.5 Å². The van der Waals surface area contributed by atoms with Gasteiger partial charge in [0.25, 0.3) is 0 Å². The van der Waals surface area contributed by atoms with Gasteiger partial charge in [0, 0.05) is 36.6 Å². The first-order valence-electron chi connectivity index (χ1n) is 26.8. The van der Waals surface area contributed by atoms with E-state index >= 15 is 0 Å². The number of carbonyl (C=O) groups is 3. The van der Waals surface area contributed by atoms with Crippen molar-refractivity contribution in [1.82, 2.24) is 30.2 Å². The summed E-state index contributed by atoms with van der Waals surface area (Å²) in [6.45, 7) is 9.72. The number of fused-ring (bicyclic) bond motifs is 6. The summed E-state index contributed by atoms with van der Waals surface area (Å²) in [5, 5.41) is 48.9. The molecule has 2 amide bonds. The summed E-state index contributed by atoms with van der Waals surface area (Å²) >= 11 is 1.16. The van der Waals surface area contributed by atoms with Gasteiger partial charge in [0.05, 0.1) is 31.7 Å². The highest BCUT2D eigenvalue weighted by Crippen LogP contribution is 2.68. The van der Waals surface area contributed by atoms with Crippen molar-refractivity contribution in [2.24, 2.45) is 57.7 Å². The predicted molar refractivity (Wildman–Crippen MR) is 282 cm³/mol. The second kappa shape index (κ2) is 25.1. The largest absolute Gasteiger partial charge is 0.481 e. The lowest BCUT2D eigenvalue weighted by Crippen LogP contribution is -2.58. The summed E-state index contributed by atoms with van der Waals surface area (Å²) in [6.07, 6.45) is 3.42. The molecular formula is C48H80N7O19P3S.